The first-order chi connectivity index (χ1) is 17.5. The summed E-state index contributed by atoms with van der Waals surface area (Å²) in [7, 11) is 1.53. The van der Waals surface area contributed by atoms with Gasteiger partial charge < -0.3 is 14.9 Å². The fraction of sp³-hybridized carbons (Fsp3) is 0.879. The topological polar surface area (TPSA) is 83.8 Å². The number of rotatable bonds is 1. The van der Waals surface area contributed by atoms with Gasteiger partial charge in [-0.25, -0.2) is 0 Å². The summed E-state index contributed by atoms with van der Waals surface area (Å²) in [5.41, 5.74) is 0.381. The van der Waals surface area contributed by atoms with Crippen LogP contribution in [-0.4, -0.2) is 41.8 Å². The van der Waals surface area contributed by atoms with Crippen molar-refractivity contribution in [3.8, 4) is 0 Å². The molecule has 38 heavy (non-hydrogen) atoms. The van der Waals surface area contributed by atoms with Gasteiger partial charge in [0.25, 0.3) is 0 Å². The molecule has 0 aromatic carbocycles. The van der Waals surface area contributed by atoms with Gasteiger partial charge in [0.1, 0.15) is 0 Å². The molecule has 0 radical (unpaired) electrons. The Morgan fingerprint density at radius 3 is 2.18 bits per heavy atom. The summed E-state index contributed by atoms with van der Waals surface area (Å²) >= 11 is 0. The van der Waals surface area contributed by atoms with Gasteiger partial charge in [-0.05, 0) is 110 Å². The highest BCUT2D eigenvalue weighted by Gasteiger charge is 2.71. The maximum Gasteiger partial charge on any atom is 0.312 e. The number of hydrogen-bond donors (Lipinski definition) is 2. The highest BCUT2D eigenvalue weighted by Crippen LogP contribution is 2.75. The first-order valence-electron chi connectivity index (χ1n) is 15.1. The van der Waals surface area contributed by atoms with Crippen LogP contribution in [0.3, 0.4) is 0 Å². The van der Waals surface area contributed by atoms with E-state index in [4.69, 9.17) is 9.84 Å². The zero-order valence-corrected chi connectivity index (χ0v) is 25.6. The average Bonchev–Trinajstić information content (AvgIpc) is 2.82. The molecule has 5 nitrogen and oxygen atoms in total. The highest BCUT2D eigenvalue weighted by atomic mass is 16.5. The number of carbonyl (C=O) groups excluding carboxylic acids is 2. The van der Waals surface area contributed by atoms with E-state index in [0.717, 1.165) is 57.8 Å². The van der Waals surface area contributed by atoms with Crippen molar-refractivity contribution in [2.75, 3.05) is 13.7 Å². The van der Waals surface area contributed by atoms with E-state index in [1.807, 2.05) is 6.08 Å². The lowest BCUT2D eigenvalue weighted by molar-refractivity contribution is -0.205. The van der Waals surface area contributed by atoms with Crippen molar-refractivity contribution in [1.82, 2.24) is 0 Å². The molecule has 5 aliphatic carbocycles. The predicted molar refractivity (Wildman–Crippen MR) is 150 cm³/mol. The molecule has 0 bridgehead atoms. The smallest absolute Gasteiger partial charge is 0.312 e. The summed E-state index contributed by atoms with van der Waals surface area (Å²) in [6.07, 6.45) is 10.1. The zero-order chi connectivity index (χ0) is 28.5. The van der Waals surface area contributed by atoms with Gasteiger partial charge in [-0.2, -0.15) is 0 Å². The number of aliphatic hydroxyl groups excluding tert-OH is 2. The minimum atomic E-state index is -0.489. The number of aliphatic hydroxyl groups is 2. The van der Waals surface area contributed by atoms with Crippen LogP contribution >= 0.6 is 0 Å². The second-order valence-electron chi connectivity index (χ2n) is 15.5. The minimum Gasteiger partial charge on any atom is -0.469 e. The van der Waals surface area contributed by atoms with Gasteiger partial charge in [-0.3, -0.25) is 9.59 Å². The second-order valence-corrected chi connectivity index (χ2v) is 15.5. The fourth-order valence-corrected chi connectivity index (χ4v) is 10.6. The van der Waals surface area contributed by atoms with Crippen LogP contribution in [0.5, 0.6) is 0 Å². The molecule has 0 aromatic rings. The van der Waals surface area contributed by atoms with Crippen LogP contribution in [0.2, 0.25) is 0 Å². The molecule has 5 aliphatic rings. The molecule has 0 aromatic heterocycles. The zero-order valence-electron chi connectivity index (χ0n) is 25.6. The Kier molecular flexibility index (Phi) is 7.39. The van der Waals surface area contributed by atoms with Gasteiger partial charge in [-0.15, -0.1) is 0 Å². The molecule has 5 heteroatoms. The van der Waals surface area contributed by atoms with E-state index in [1.165, 1.54) is 12.7 Å². The number of esters is 1. The lowest BCUT2D eigenvalue weighted by Crippen LogP contribution is -2.67. The molecule has 8 atom stereocenters. The van der Waals surface area contributed by atoms with Crippen LogP contribution < -0.4 is 0 Å². The normalized spacial score (nSPS) is 46.6. The minimum absolute atomic E-state index is 0.0310. The lowest BCUT2D eigenvalue weighted by atomic mass is 9.33. The summed E-state index contributed by atoms with van der Waals surface area (Å²) < 4.78 is 5.43. The Morgan fingerprint density at radius 1 is 0.974 bits per heavy atom. The summed E-state index contributed by atoms with van der Waals surface area (Å²) in [6.45, 7) is 18.2. The van der Waals surface area contributed by atoms with Gasteiger partial charge in [0.05, 0.1) is 18.6 Å². The number of hydrogen-bond acceptors (Lipinski definition) is 5. The van der Waals surface area contributed by atoms with Gasteiger partial charge >= 0.3 is 5.97 Å². The molecule has 0 aliphatic heterocycles. The first kappa shape index (κ1) is 29.8. The summed E-state index contributed by atoms with van der Waals surface area (Å²) in [5, 5.41) is 18.5. The van der Waals surface area contributed by atoms with Crippen molar-refractivity contribution in [1.29, 1.82) is 0 Å². The second kappa shape index (κ2) is 9.43. The lowest BCUT2D eigenvalue weighted by Gasteiger charge is -2.70. The van der Waals surface area contributed by atoms with Crippen LogP contribution in [0.15, 0.2) is 11.6 Å². The molecule has 0 unspecified atom stereocenters. The van der Waals surface area contributed by atoms with Crippen molar-refractivity contribution < 1.29 is 24.5 Å². The van der Waals surface area contributed by atoms with E-state index in [0.29, 0.717) is 5.92 Å². The monoisotopic (exact) mass is 530 g/mol. The summed E-state index contributed by atoms with van der Waals surface area (Å²) in [4.78, 5) is 27.6. The third kappa shape index (κ3) is 3.91. The molecule has 2 N–H and O–H groups in total. The molecule has 0 amide bonds. The van der Waals surface area contributed by atoms with E-state index < -0.39 is 5.41 Å². The van der Waals surface area contributed by atoms with Crippen LogP contribution in [0.25, 0.3) is 0 Å². The molecule has 4 saturated carbocycles. The highest BCUT2D eigenvalue weighted by molar-refractivity contribution is 5.96. The Balaban J connectivity index is 0.00000107. The Hall–Kier alpha value is -1.20. The van der Waals surface area contributed by atoms with Gasteiger partial charge in [0.2, 0.25) is 0 Å². The SMILES string of the molecule is CCO.COC(=O)[C@]12CCC(C)(C)C[C@@H]1C1=CC(=O)[C@@H]3[C@@]4(C)CC[C@H](O)C(C)(C)[C@@H]4CC[C@@]3(C)[C@]1(C)CC2. The fourth-order valence-electron chi connectivity index (χ4n) is 10.6. The Morgan fingerprint density at radius 2 is 1.58 bits per heavy atom. The molecule has 216 valence electrons. The molecule has 0 heterocycles. The van der Waals surface area contributed by atoms with Crippen molar-refractivity contribution >= 4 is 11.8 Å². The van der Waals surface area contributed by atoms with E-state index in [9.17, 15) is 14.7 Å². The van der Waals surface area contributed by atoms with Crippen molar-refractivity contribution in [3.63, 3.8) is 0 Å². The number of fused-ring (bicyclic) bond motifs is 7. The van der Waals surface area contributed by atoms with E-state index in [-0.39, 0.29) is 63.4 Å². The molecular formula is C33H54O5. The average molecular weight is 531 g/mol. The molecule has 4 fully saturated rings. The van der Waals surface area contributed by atoms with Crippen LogP contribution in [-0.2, 0) is 14.3 Å². The summed E-state index contributed by atoms with van der Waals surface area (Å²) in [5.74, 6) is 0.597. The maximum absolute atomic E-state index is 14.3. The van der Waals surface area contributed by atoms with E-state index in [2.05, 4.69) is 48.5 Å². The van der Waals surface area contributed by atoms with E-state index >= 15 is 0 Å². The number of ether oxygens (including phenoxy) is 1. The third-order valence-electron chi connectivity index (χ3n) is 12.9. The van der Waals surface area contributed by atoms with Crippen LogP contribution in [0, 0.1) is 50.2 Å². The van der Waals surface area contributed by atoms with Gasteiger partial charge in [-0.1, -0.05) is 54.0 Å². The standard InChI is InChI=1S/C31H48O4.C2H6O/c1-26(2)13-15-31(25(34)35-8)16-14-29(6)19(20(31)18-26)17-21(32)24-28(5)11-10-23(33)27(3,4)22(28)9-12-30(24,29)7;1-2-3/h17,20,22-24,33H,9-16,18H2,1-8H3;3H,2H2,1H3/t20-,22+,23+,24-,28+,29-,30-,31+;/m1./s1. The number of allylic oxidation sites excluding steroid dienone is 2. The third-order valence-corrected chi connectivity index (χ3v) is 12.9. The number of ketones is 1. The van der Waals surface area contributed by atoms with Crippen LogP contribution in [0.1, 0.15) is 113 Å². The predicted octanol–water partition coefficient (Wildman–Crippen LogP) is 6.50. The Bertz CT molecular complexity index is 995. The van der Waals surface area contributed by atoms with Crippen molar-refractivity contribution in [2.24, 2.45) is 50.2 Å². The van der Waals surface area contributed by atoms with Gasteiger partial charge in [0.15, 0.2) is 5.78 Å². The maximum atomic E-state index is 14.3. The van der Waals surface area contributed by atoms with E-state index in [1.54, 1.807) is 6.92 Å². The largest absolute Gasteiger partial charge is 0.469 e. The number of methoxy groups -OCH3 is 1. The Labute approximate surface area is 231 Å². The molecule has 5 rings (SSSR count). The van der Waals surface area contributed by atoms with Crippen molar-refractivity contribution in [3.05, 3.63) is 11.6 Å². The molecular weight excluding hydrogens is 476 g/mol. The molecule has 0 spiro atoms. The van der Waals surface area contributed by atoms with Crippen molar-refractivity contribution in [2.45, 2.75) is 119 Å². The summed E-state index contributed by atoms with van der Waals surface area (Å²) in [6, 6.07) is 0. The van der Waals surface area contributed by atoms with Gasteiger partial charge in [0, 0.05) is 12.5 Å². The molecule has 0 saturated heterocycles. The quantitative estimate of drug-likeness (QED) is 0.378. The van der Waals surface area contributed by atoms with Crippen LogP contribution in [0.4, 0.5) is 0 Å². The first-order valence-corrected chi connectivity index (χ1v) is 15.1. The number of carbonyl (C=O) groups is 2.